The molecule has 1 fully saturated rings. The van der Waals surface area contributed by atoms with Crippen LogP contribution in [0.1, 0.15) is 30.1 Å². The van der Waals surface area contributed by atoms with E-state index in [2.05, 4.69) is 17.6 Å². The van der Waals surface area contributed by atoms with Gasteiger partial charge in [-0.2, -0.15) is 0 Å². The van der Waals surface area contributed by atoms with Gasteiger partial charge < -0.3 is 10.6 Å². The van der Waals surface area contributed by atoms with E-state index < -0.39 is 17.5 Å². The summed E-state index contributed by atoms with van der Waals surface area (Å²) in [6, 6.07) is 2.84. The Morgan fingerprint density at radius 1 is 1.26 bits per heavy atom. The Labute approximate surface area is 111 Å². The first-order valence-electron chi connectivity index (χ1n) is 6.44. The minimum atomic E-state index is -0.738. The summed E-state index contributed by atoms with van der Waals surface area (Å²) in [5.74, 6) is -1.91. The molecular formula is C14H18F2N2O. The third-order valence-corrected chi connectivity index (χ3v) is 3.61. The van der Waals surface area contributed by atoms with Gasteiger partial charge in [0.2, 0.25) is 0 Å². The van der Waals surface area contributed by atoms with Crippen LogP contribution in [0.5, 0.6) is 0 Å². The Balaban J connectivity index is 1.97. The number of hydrogen-bond acceptors (Lipinski definition) is 2. The van der Waals surface area contributed by atoms with Crippen molar-refractivity contribution in [1.29, 1.82) is 0 Å². The maximum atomic E-state index is 13.0. The van der Waals surface area contributed by atoms with Crippen LogP contribution in [-0.2, 0) is 0 Å². The standard InChI is InChI=1S/C14H18F2N2O/c1-14(2-4-17-5-3-14)9-18-13(19)10-6-11(15)8-12(16)7-10/h6-8,17H,2-5,9H2,1H3,(H,18,19). The average molecular weight is 268 g/mol. The molecule has 19 heavy (non-hydrogen) atoms. The van der Waals surface area contributed by atoms with Gasteiger partial charge in [0.25, 0.3) is 5.91 Å². The van der Waals surface area contributed by atoms with E-state index in [1.165, 1.54) is 0 Å². The van der Waals surface area contributed by atoms with Gasteiger partial charge in [0.15, 0.2) is 0 Å². The summed E-state index contributed by atoms with van der Waals surface area (Å²) in [5.41, 5.74) is 0.0716. The van der Waals surface area contributed by atoms with E-state index in [1.54, 1.807) is 0 Å². The van der Waals surface area contributed by atoms with E-state index in [0.29, 0.717) is 6.54 Å². The van der Waals surface area contributed by atoms with Crippen molar-refractivity contribution in [2.24, 2.45) is 5.41 Å². The second-order valence-corrected chi connectivity index (χ2v) is 5.40. The third kappa shape index (κ3) is 3.73. The zero-order valence-electron chi connectivity index (χ0n) is 10.9. The predicted octanol–water partition coefficient (Wildman–Crippen LogP) is 2.08. The molecule has 0 aromatic heterocycles. The molecule has 1 amide bonds. The van der Waals surface area contributed by atoms with Crippen molar-refractivity contribution in [3.05, 3.63) is 35.4 Å². The monoisotopic (exact) mass is 268 g/mol. The van der Waals surface area contributed by atoms with Gasteiger partial charge in [-0.15, -0.1) is 0 Å². The highest BCUT2D eigenvalue weighted by molar-refractivity contribution is 5.94. The molecule has 0 radical (unpaired) electrons. The fourth-order valence-corrected chi connectivity index (χ4v) is 2.29. The summed E-state index contributed by atoms with van der Waals surface area (Å²) in [6.45, 7) is 4.49. The number of carbonyl (C=O) groups excluding carboxylic acids is 1. The largest absolute Gasteiger partial charge is 0.351 e. The van der Waals surface area contributed by atoms with Crippen LogP contribution in [0.4, 0.5) is 8.78 Å². The smallest absolute Gasteiger partial charge is 0.251 e. The molecule has 2 rings (SSSR count). The molecule has 0 atom stereocenters. The Bertz CT molecular complexity index is 450. The summed E-state index contributed by atoms with van der Waals surface area (Å²) in [7, 11) is 0. The molecule has 1 aliphatic heterocycles. The molecule has 5 heteroatoms. The maximum Gasteiger partial charge on any atom is 0.251 e. The zero-order valence-corrected chi connectivity index (χ0v) is 10.9. The molecule has 104 valence electrons. The van der Waals surface area contributed by atoms with Crippen molar-refractivity contribution in [2.75, 3.05) is 19.6 Å². The van der Waals surface area contributed by atoms with Gasteiger partial charge in [-0.3, -0.25) is 4.79 Å². The summed E-state index contributed by atoms with van der Waals surface area (Å²) < 4.78 is 26.1. The Morgan fingerprint density at radius 2 is 1.84 bits per heavy atom. The van der Waals surface area contributed by atoms with Crippen LogP contribution in [0.15, 0.2) is 18.2 Å². The molecule has 3 nitrogen and oxygen atoms in total. The molecule has 0 aliphatic carbocycles. The van der Waals surface area contributed by atoms with Crippen molar-refractivity contribution in [1.82, 2.24) is 10.6 Å². The number of carbonyl (C=O) groups is 1. The number of piperidine rings is 1. The predicted molar refractivity (Wildman–Crippen MR) is 68.9 cm³/mol. The van der Waals surface area contributed by atoms with Crippen molar-refractivity contribution >= 4 is 5.91 Å². The second-order valence-electron chi connectivity index (χ2n) is 5.40. The minimum Gasteiger partial charge on any atom is -0.351 e. The molecule has 2 N–H and O–H groups in total. The number of rotatable bonds is 3. The van der Waals surface area contributed by atoms with Gasteiger partial charge in [0, 0.05) is 18.2 Å². The van der Waals surface area contributed by atoms with E-state index in [4.69, 9.17) is 0 Å². The van der Waals surface area contributed by atoms with Crippen LogP contribution < -0.4 is 10.6 Å². The van der Waals surface area contributed by atoms with Crippen LogP contribution >= 0.6 is 0 Å². The van der Waals surface area contributed by atoms with Crippen molar-refractivity contribution in [3.63, 3.8) is 0 Å². The quantitative estimate of drug-likeness (QED) is 0.881. The number of hydrogen-bond donors (Lipinski definition) is 2. The highest BCUT2D eigenvalue weighted by Crippen LogP contribution is 2.26. The molecule has 0 unspecified atom stereocenters. The number of halogens is 2. The van der Waals surface area contributed by atoms with Crippen molar-refractivity contribution in [3.8, 4) is 0 Å². The molecule has 0 bridgehead atoms. The highest BCUT2D eigenvalue weighted by Gasteiger charge is 2.27. The van der Waals surface area contributed by atoms with Crippen LogP contribution in [0.2, 0.25) is 0 Å². The molecule has 1 heterocycles. The first kappa shape index (κ1) is 13.9. The summed E-state index contributed by atoms with van der Waals surface area (Å²) in [4.78, 5) is 11.9. The molecule has 0 saturated carbocycles. The second kappa shape index (κ2) is 5.65. The third-order valence-electron chi connectivity index (χ3n) is 3.61. The van der Waals surface area contributed by atoms with Gasteiger partial charge in [-0.1, -0.05) is 6.92 Å². The van der Waals surface area contributed by atoms with Gasteiger partial charge in [-0.05, 0) is 43.5 Å². The van der Waals surface area contributed by atoms with E-state index >= 15 is 0 Å². The SMILES string of the molecule is CC1(CNC(=O)c2cc(F)cc(F)c2)CCNCC1. The minimum absolute atomic E-state index is 0.0232. The molecule has 1 aromatic carbocycles. The average Bonchev–Trinajstić information content (AvgIpc) is 2.36. The zero-order chi connectivity index (χ0) is 13.9. The molecular weight excluding hydrogens is 250 g/mol. The van der Waals surface area contributed by atoms with Crippen molar-refractivity contribution < 1.29 is 13.6 Å². The van der Waals surface area contributed by atoms with Crippen LogP contribution in [0.3, 0.4) is 0 Å². The lowest BCUT2D eigenvalue weighted by atomic mass is 9.81. The van der Waals surface area contributed by atoms with Gasteiger partial charge in [0.1, 0.15) is 11.6 Å². The van der Waals surface area contributed by atoms with Crippen LogP contribution in [0, 0.1) is 17.0 Å². The Hall–Kier alpha value is -1.49. The van der Waals surface area contributed by atoms with E-state index in [0.717, 1.165) is 44.1 Å². The first-order valence-corrected chi connectivity index (χ1v) is 6.44. The summed E-state index contributed by atoms with van der Waals surface area (Å²) in [6.07, 6.45) is 1.95. The number of benzene rings is 1. The lowest BCUT2D eigenvalue weighted by Gasteiger charge is -2.34. The Morgan fingerprint density at radius 3 is 2.42 bits per heavy atom. The highest BCUT2D eigenvalue weighted by atomic mass is 19.1. The molecule has 1 aliphatic rings. The van der Waals surface area contributed by atoms with Crippen LogP contribution in [-0.4, -0.2) is 25.5 Å². The summed E-state index contributed by atoms with van der Waals surface area (Å²) >= 11 is 0. The van der Waals surface area contributed by atoms with E-state index in [-0.39, 0.29) is 11.0 Å². The fourth-order valence-electron chi connectivity index (χ4n) is 2.29. The van der Waals surface area contributed by atoms with Crippen molar-refractivity contribution in [2.45, 2.75) is 19.8 Å². The number of nitrogens with one attached hydrogen (secondary N) is 2. The van der Waals surface area contributed by atoms with Gasteiger partial charge in [-0.25, -0.2) is 8.78 Å². The molecule has 1 saturated heterocycles. The molecule has 0 spiro atoms. The normalized spacial score (nSPS) is 18.1. The fraction of sp³-hybridized carbons (Fsp3) is 0.500. The van der Waals surface area contributed by atoms with Crippen LogP contribution in [0.25, 0.3) is 0 Å². The van der Waals surface area contributed by atoms with Gasteiger partial charge in [0.05, 0.1) is 0 Å². The lowest BCUT2D eigenvalue weighted by Crippen LogP contribution is -2.42. The molecule has 1 aromatic rings. The van der Waals surface area contributed by atoms with Gasteiger partial charge >= 0.3 is 0 Å². The topological polar surface area (TPSA) is 41.1 Å². The van der Waals surface area contributed by atoms with E-state index in [9.17, 15) is 13.6 Å². The van der Waals surface area contributed by atoms with E-state index in [1.807, 2.05) is 0 Å². The summed E-state index contributed by atoms with van der Waals surface area (Å²) in [5, 5.41) is 6.03. The number of amides is 1. The maximum absolute atomic E-state index is 13.0. The Kier molecular flexibility index (Phi) is 4.14. The lowest BCUT2D eigenvalue weighted by molar-refractivity contribution is 0.0921. The first-order chi connectivity index (χ1) is 8.98.